The van der Waals surface area contributed by atoms with Crippen molar-refractivity contribution in [2.75, 3.05) is 32.4 Å². The molecule has 0 saturated carbocycles. The molecule has 0 aliphatic carbocycles. The molecule has 0 unspecified atom stereocenters. The van der Waals surface area contributed by atoms with E-state index in [0.29, 0.717) is 33.9 Å². The molecule has 1 N–H and O–H groups in total. The van der Waals surface area contributed by atoms with Crippen LogP contribution in [0.25, 0.3) is 17.1 Å². The lowest BCUT2D eigenvalue weighted by Crippen LogP contribution is -2.14. The normalized spacial score (nSPS) is 10.6. The summed E-state index contributed by atoms with van der Waals surface area (Å²) in [6, 6.07) is 22.6. The molecule has 0 bridgehead atoms. The van der Waals surface area contributed by atoms with Crippen LogP contribution in [0.2, 0.25) is 0 Å². The topological polar surface area (TPSA) is 87.5 Å². The van der Waals surface area contributed by atoms with Crippen molar-refractivity contribution >= 4 is 23.4 Å². The first-order chi connectivity index (χ1) is 16.6. The van der Waals surface area contributed by atoms with Gasteiger partial charge in [0.05, 0.1) is 27.1 Å². The number of thioether (sulfide) groups is 1. The number of hydrogen-bond acceptors (Lipinski definition) is 7. The van der Waals surface area contributed by atoms with Crippen molar-refractivity contribution in [3.63, 3.8) is 0 Å². The largest absolute Gasteiger partial charge is 0.497 e. The number of ether oxygens (including phenoxy) is 3. The van der Waals surface area contributed by atoms with Crippen molar-refractivity contribution in [3.05, 3.63) is 72.8 Å². The molecule has 4 rings (SSSR count). The van der Waals surface area contributed by atoms with Gasteiger partial charge in [-0.05, 0) is 42.5 Å². The quantitative estimate of drug-likeness (QED) is 0.351. The van der Waals surface area contributed by atoms with Gasteiger partial charge in [-0.2, -0.15) is 0 Å². The van der Waals surface area contributed by atoms with Crippen molar-refractivity contribution in [1.82, 2.24) is 14.8 Å². The van der Waals surface area contributed by atoms with Gasteiger partial charge in [-0.15, -0.1) is 10.2 Å². The Hall–Kier alpha value is -3.98. The van der Waals surface area contributed by atoms with Gasteiger partial charge in [-0.25, -0.2) is 0 Å². The number of nitrogens with zero attached hydrogens (tertiary/aromatic N) is 3. The van der Waals surface area contributed by atoms with Gasteiger partial charge in [-0.3, -0.25) is 9.36 Å². The van der Waals surface area contributed by atoms with Crippen molar-refractivity contribution in [2.24, 2.45) is 0 Å². The Kier molecular flexibility index (Phi) is 7.34. The fourth-order valence-electron chi connectivity index (χ4n) is 3.36. The van der Waals surface area contributed by atoms with Crippen LogP contribution in [0.15, 0.2) is 78.0 Å². The van der Waals surface area contributed by atoms with E-state index in [4.69, 9.17) is 14.2 Å². The molecule has 0 aliphatic rings. The van der Waals surface area contributed by atoms with Crippen LogP contribution in [-0.4, -0.2) is 47.8 Å². The summed E-state index contributed by atoms with van der Waals surface area (Å²) in [6.45, 7) is 0. The molecule has 9 heteroatoms. The van der Waals surface area contributed by atoms with Crippen molar-refractivity contribution in [2.45, 2.75) is 5.16 Å². The molecule has 0 saturated heterocycles. The first-order valence-electron chi connectivity index (χ1n) is 10.4. The summed E-state index contributed by atoms with van der Waals surface area (Å²) in [4.78, 5) is 12.6. The third-order valence-electron chi connectivity index (χ3n) is 4.98. The lowest BCUT2D eigenvalue weighted by atomic mass is 10.2. The number of carbonyl (C=O) groups excluding carboxylic acids is 1. The summed E-state index contributed by atoms with van der Waals surface area (Å²) in [5, 5.41) is 12.3. The number of nitrogens with one attached hydrogen (secondary N) is 1. The van der Waals surface area contributed by atoms with E-state index < -0.39 is 0 Å². The molecule has 0 atom stereocenters. The van der Waals surface area contributed by atoms with E-state index in [0.717, 1.165) is 11.3 Å². The predicted octanol–water partition coefficient (Wildman–Crippen LogP) is 4.69. The summed E-state index contributed by atoms with van der Waals surface area (Å²) in [7, 11) is 4.77. The Balaban J connectivity index is 1.61. The average Bonchev–Trinajstić information content (AvgIpc) is 3.31. The van der Waals surface area contributed by atoms with Gasteiger partial charge >= 0.3 is 0 Å². The van der Waals surface area contributed by atoms with Crippen molar-refractivity contribution in [3.8, 4) is 34.3 Å². The van der Waals surface area contributed by atoms with Crippen LogP contribution in [0.3, 0.4) is 0 Å². The third kappa shape index (κ3) is 5.15. The maximum Gasteiger partial charge on any atom is 0.234 e. The monoisotopic (exact) mass is 476 g/mol. The third-order valence-corrected chi connectivity index (χ3v) is 5.90. The van der Waals surface area contributed by atoms with Crippen molar-refractivity contribution < 1.29 is 19.0 Å². The highest BCUT2D eigenvalue weighted by molar-refractivity contribution is 7.99. The van der Waals surface area contributed by atoms with E-state index in [9.17, 15) is 4.79 Å². The molecular weight excluding hydrogens is 452 g/mol. The Labute approximate surface area is 201 Å². The summed E-state index contributed by atoms with van der Waals surface area (Å²) < 4.78 is 17.9. The number of methoxy groups -OCH3 is 3. The van der Waals surface area contributed by atoms with Crippen LogP contribution in [0, 0.1) is 0 Å². The number of aromatic nitrogens is 3. The van der Waals surface area contributed by atoms with Gasteiger partial charge in [0, 0.05) is 23.0 Å². The number of rotatable bonds is 9. The molecule has 0 fully saturated rings. The zero-order valence-electron chi connectivity index (χ0n) is 19.0. The van der Waals surface area contributed by atoms with Crippen LogP contribution >= 0.6 is 11.8 Å². The smallest absolute Gasteiger partial charge is 0.234 e. The zero-order valence-corrected chi connectivity index (χ0v) is 19.8. The van der Waals surface area contributed by atoms with Gasteiger partial charge < -0.3 is 19.5 Å². The van der Waals surface area contributed by atoms with Crippen LogP contribution < -0.4 is 19.5 Å². The number of anilines is 1. The lowest BCUT2D eigenvalue weighted by Gasteiger charge is -2.12. The Morgan fingerprint density at radius 1 is 0.882 bits per heavy atom. The zero-order chi connectivity index (χ0) is 23.9. The molecule has 1 aromatic heterocycles. The van der Waals surface area contributed by atoms with Gasteiger partial charge in [0.25, 0.3) is 0 Å². The highest BCUT2D eigenvalue weighted by Crippen LogP contribution is 2.34. The minimum Gasteiger partial charge on any atom is -0.497 e. The Morgan fingerprint density at radius 2 is 1.68 bits per heavy atom. The molecule has 8 nitrogen and oxygen atoms in total. The summed E-state index contributed by atoms with van der Waals surface area (Å²) in [5.74, 6) is 2.52. The fraction of sp³-hybridized carbons (Fsp3) is 0.160. The first-order valence-corrected chi connectivity index (χ1v) is 11.4. The minimum atomic E-state index is -0.159. The second kappa shape index (κ2) is 10.8. The lowest BCUT2D eigenvalue weighted by molar-refractivity contribution is -0.113. The number of para-hydroxylation sites is 1. The second-order valence-corrected chi connectivity index (χ2v) is 8.06. The molecule has 1 amide bonds. The molecule has 3 aromatic carbocycles. The molecule has 0 radical (unpaired) electrons. The van der Waals surface area contributed by atoms with E-state index in [1.54, 1.807) is 27.4 Å². The van der Waals surface area contributed by atoms with E-state index in [1.807, 2.05) is 71.3 Å². The summed E-state index contributed by atoms with van der Waals surface area (Å²) in [6.07, 6.45) is 0. The molecule has 34 heavy (non-hydrogen) atoms. The number of carbonyl (C=O) groups is 1. The minimum absolute atomic E-state index is 0.159. The van der Waals surface area contributed by atoms with E-state index in [2.05, 4.69) is 15.5 Å². The highest BCUT2D eigenvalue weighted by Gasteiger charge is 2.19. The van der Waals surface area contributed by atoms with Crippen LogP contribution in [-0.2, 0) is 4.79 Å². The molecule has 4 aromatic rings. The second-order valence-electron chi connectivity index (χ2n) is 7.12. The van der Waals surface area contributed by atoms with Gasteiger partial charge in [0.1, 0.15) is 5.75 Å². The number of hydrogen-bond donors (Lipinski definition) is 1. The van der Waals surface area contributed by atoms with Crippen molar-refractivity contribution in [1.29, 1.82) is 0 Å². The van der Waals surface area contributed by atoms with Crippen LogP contribution in [0.1, 0.15) is 0 Å². The molecule has 1 heterocycles. The average molecular weight is 477 g/mol. The maximum absolute atomic E-state index is 12.6. The molecule has 174 valence electrons. The fourth-order valence-corrected chi connectivity index (χ4v) is 4.12. The predicted molar refractivity (Wildman–Crippen MR) is 132 cm³/mol. The first kappa shape index (κ1) is 23.2. The number of amides is 1. The van der Waals surface area contributed by atoms with Crippen LogP contribution in [0.5, 0.6) is 17.2 Å². The van der Waals surface area contributed by atoms with E-state index >= 15 is 0 Å². The number of benzene rings is 3. The van der Waals surface area contributed by atoms with E-state index in [1.165, 1.54) is 11.8 Å². The van der Waals surface area contributed by atoms with E-state index in [-0.39, 0.29) is 11.7 Å². The highest BCUT2D eigenvalue weighted by atomic mass is 32.2. The van der Waals surface area contributed by atoms with Crippen LogP contribution in [0.4, 0.5) is 5.69 Å². The summed E-state index contributed by atoms with van der Waals surface area (Å²) in [5.41, 5.74) is 2.36. The maximum atomic E-state index is 12.6. The summed E-state index contributed by atoms with van der Waals surface area (Å²) >= 11 is 1.30. The van der Waals surface area contributed by atoms with Gasteiger partial charge in [0.2, 0.25) is 5.91 Å². The van der Waals surface area contributed by atoms with Gasteiger partial charge in [-0.1, -0.05) is 36.0 Å². The Morgan fingerprint density at radius 3 is 2.41 bits per heavy atom. The molecule has 0 spiro atoms. The SMILES string of the molecule is COc1cccc(NC(=O)CSc2nnc(-c3ccc(OC)c(OC)c3)n2-c2ccccc2)c1. The van der Waals surface area contributed by atoms with Gasteiger partial charge in [0.15, 0.2) is 22.5 Å². The Bertz CT molecular complexity index is 1280. The standard InChI is InChI=1S/C25H24N4O4S/c1-31-20-11-7-8-18(15-20)26-23(30)16-34-25-28-27-24(29(25)19-9-5-4-6-10-19)17-12-13-21(32-2)22(14-17)33-3/h4-15H,16H2,1-3H3,(H,26,30). The molecule has 0 aliphatic heterocycles. The molecular formula is C25H24N4O4S.